The van der Waals surface area contributed by atoms with Gasteiger partial charge in [-0.3, -0.25) is 9.69 Å². The molecular formula is C17H23N3O3. The third-order valence-electron chi connectivity index (χ3n) is 4.25. The lowest BCUT2D eigenvalue weighted by atomic mass is 10.1. The number of aromatic nitrogens is 2. The molecule has 1 fully saturated rings. The first-order valence-corrected chi connectivity index (χ1v) is 8.05. The van der Waals surface area contributed by atoms with Crippen molar-refractivity contribution in [2.45, 2.75) is 26.4 Å². The maximum atomic E-state index is 11.3. The van der Waals surface area contributed by atoms with Crippen LogP contribution in [0.5, 0.6) is 0 Å². The molecule has 0 saturated carbocycles. The van der Waals surface area contributed by atoms with Gasteiger partial charge in [0.15, 0.2) is 0 Å². The van der Waals surface area contributed by atoms with Crippen molar-refractivity contribution >= 4 is 17.0 Å². The quantitative estimate of drug-likeness (QED) is 0.936. The van der Waals surface area contributed by atoms with Gasteiger partial charge < -0.3 is 14.4 Å². The van der Waals surface area contributed by atoms with E-state index in [4.69, 9.17) is 9.72 Å². The Labute approximate surface area is 135 Å². The molecule has 0 radical (unpaired) electrons. The van der Waals surface area contributed by atoms with Crippen LogP contribution in [0.2, 0.25) is 0 Å². The van der Waals surface area contributed by atoms with Crippen LogP contribution in [0, 0.1) is 5.92 Å². The summed E-state index contributed by atoms with van der Waals surface area (Å²) in [6.07, 6.45) is 0. The van der Waals surface area contributed by atoms with E-state index < -0.39 is 11.9 Å². The van der Waals surface area contributed by atoms with Gasteiger partial charge in [0.1, 0.15) is 5.82 Å². The number of para-hydroxylation sites is 2. The van der Waals surface area contributed by atoms with Gasteiger partial charge >= 0.3 is 5.97 Å². The van der Waals surface area contributed by atoms with Crippen molar-refractivity contribution in [3.8, 4) is 0 Å². The summed E-state index contributed by atoms with van der Waals surface area (Å²) in [4.78, 5) is 18.2. The van der Waals surface area contributed by atoms with E-state index in [-0.39, 0.29) is 6.61 Å². The van der Waals surface area contributed by atoms with Gasteiger partial charge in [0.2, 0.25) is 0 Å². The fraction of sp³-hybridized carbons (Fsp3) is 0.529. The van der Waals surface area contributed by atoms with Gasteiger partial charge in [-0.2, -0.15) is 0 Å². The zero-order valence-corrected chi connectivity index (χ0v) is 13.6. The number of carbonyl (C=O) groups is 1. The number of benzene rings is 1. The van der Waals surface area contributed by atoms with Crippen molar-refractivity contribution in [2.24, 2.45) is 5.92 Å². The number of aliphatic carboxylic acids is 1. The number of carboxylic acid groups (broad SMARTS) is 1. The zero-order valence-electron chi connectivity index (χ0n) is 13.6. The maximum absolute atomic E-state index is 11.3. The summed E-state index contributed by atoms with van der Waals surface area (Å²) in [5.41, 5.74) is 2.11. The van der Waals surface area contributed by atoms with Gasteiger partial charge in [-0.25, -0.2) is 4.98 Å². The van der Waals surface area contributed by atoms with Gasteiger partial charge in [-0.15, -0.1) is 0 Å². The van der Waals surface area contributed by atoms with Gasteiger partial charge in [0.25, 0.3) is 0 Å². The van der Waals surface area contributed by atoms with Crippen LogP contribution in [-0.4, -0.2) is 51.8 Å². The standard InChI is InChI=1S/C17H23N3O3/c1-12(2)20-15-6-4-3-5-14(15)18-16(20)10-19-7-8-23-11-13(9-19)17(21)22/h3-6,12-13H,7-11H2,1-2H3,(H,21,22). The Bertz CT molecular complexity index is 695. The lowest BCUT2D eigenvalue weighted by Crippen LogP contribution is -2.34. The van der Waals surface area contributed by atoms with E-state index in [2.05, 4.69) is 29.4 Å². The summed E-state index contributed by atoms with van der Waals surface area (Å²) in [5.74, 6) is -0.295. The highest BCUT2D eigenvalue weighted by atomic mass is 16.5. The zero-order chi connectivity index (χ0) is 16.4. The highest BCUT2D eigenvalue weighted by Crippen LogP contribution is 2.22. The van der Waals surface area contributed by atoms with E-state index in [9.17, 15) is 9.90 Å². The normalized spacial score (nSPS) is 20.0. The van der Waals surface area contributed by atoms with E-state index in [1.165, 1.54) is 0 Å². The molecule has 3 rings (SSSR count). The predicted octanol–water partition coefficient (Wildman–Crippen LogP) is 2.15. The van der Waals surface area contributed by atoms with Crippen molar-refractivity contribution in [2.75, 3.05) is 26.3 Å². The van der Waals surface area contributed by atoms with Crippen LogP contribution in [0.3, 0.4) is 0 Å². The van der Waals surface area contributed by atoms with Crippen LogP contribution >= 0.6 is 0 Å². The summed E-state index contributed by atoms with van der Waals surface area (Å²) in [6, 6.07) is 8.41. The Kier molecular flexibility index (Phi) is 4.63. The highest BCUT2D eigenvalue weighted by Gasteiger charge is 2.25. The molecule has 0 aliphatic carbocycles. The summed E-state index contributed by atoms with van der Waals surface area (Å²) in [7, 11) is 0. The first kappa shape index (κ1) is 16.0. The summed E-state index contributed by atoms with van der Waals surface area (Å²) in [5, 5.41) is 9.28. The molecule has 1 aromatic heterocycles. The smallest absolute Gasteiger partial charge is 0.310 e. The van der Waals surface area contributed by atoms with E-state index >= 15 is 0 Å². The lowest BCUT2D eigenvalue weighted by Gasteiger charge is -2.22. The molecule has 6 nitrogen and oxygen atoms in total. The topological polar surface area (TPSA) is 67.6 Å². The van der Waals surface area contributed by atoms with Crippen LogP contribution in [0.15, 0.2) is 24.3 Å². The Hall–Kier alpha value is -1.92. The Balaban J connectivity index is 1.88. The molecule has 6 heteroatoms. The number of fused-ring (bicyclic) bond motifs is 1. The minimum Gasteiger partial charge on any atom is -0.481 e. The van der Waals surface area contributed by atoms with Crippen molar-refractivity contribution in [1.29, 1.82) is 0 Å². The van der Waals surface area contributed by atoms with Crippen molar-refractivity contribution in [3.05, 3.63) is 30.1 Å². The molecule has 2 heterocycles. The third kappa shape index (κ3) is 3.38. The molecule has 124 valence electrons. The number of carboxylic acids is 1. The molecule has 1 aromatic carbocycles. The summed E-state index contributed by atoms with van der Waals surface area (Å²) in [6.45, 7) is 6.99. The van der Waals surface area contributed by atoms with Crippen LogP contribution in [0.4, 0.5) is 0 Å². The van der Waals surface area contributed by atoms with Crippen molar-refractivity contribution in [3.63, 3.8) is 0 Å². The Morgan fingerprint density at radius 3 is 2.96 bits per heavy atom. The molecular weight excluding hydrogens is 294 g/mol. The molecule has 1 saturated heterocycles. The molecule has 23 heavy (non-hydrogen) atoms. The molecule has 0 amide bonds. The Morgan fingerprint density at radius 2 is 2.22 bits per heavy atom. The van der Waals surface area contributed by atoms with Gasteiger partial charge in [-0.05, 0) is 26.0 Å². The van der Waals surface area contributed by atoms with Crippen LogP contribution in [0.25, 0.3) is 11.0 Å². The number of rotatable bonds is 4. The first-order chi connectivity index (χ1) is 11.1. The Morgan fingerprint density at radius 1 is 1.43 bits per heavy atom. The number of hydrogen-bond donors (Lipinski definition) is 1. The fourth-order valence-corrected chi connectivity index (χ4v) is 3.15. The van der Waals surface area contributed by atoms with Crippen LogP contribution < -0.4 is 0 Å². The second-order valence-corrected chi connectivity index (χ2v) is 6.33. The fourth-order valence-electron chi connectivity index (χ4n) is 3.15. The van der Waals surface area contributed by atoms with E-state index in [0.29, 0.717) is 25.7 Å². The molecule has 2 aromatic rings. The van der Waals surface area contributed by atoms with Crippen molar-refractivity contribution in [1.82, 2.24) is 14.5 Å². The molecule has 0 spiro atoms. The average molecular weight is 317 g/mol. The lowest BCUT2D eigenvalue weighted by molar-refractivity contribution is -0.143. The van der Waals surface area contributed by atoms with Crippen LogP contribution in [0.1, 0.15) is 25.7 Å². The average Bonchev–Trinajstić information content (AvgIpc) is 2.70. The maximum Gasteiger partial charge on any atom is 0.310 e. The SMILES string of the molecule is CC(C)n1c(CN2CCOCC(C(=O)O)C2)nc2ccccc21. The molecule has 1 atom stereocenters. The minimum atomic E-state index is -0.797. The number of imidazole rings is 1. The number of hydrogen-bond acceptors (Lipinski definition) is 4. The first-order valence-electron chi connectivity index (χ1n) is 8.05. The highest BCUT2D eigenvalue weighted by molar-refractivity contribution is 5.76. The number of nitrogens with zero attached hydrogens (tertiary/aromatic N) is 3. The number of ether oxygens (including phenoxy) is 1. The summed E-state index contributed by atoms with van der Waals surface area (Å²) < 4.78 is 7.66. The van der Waals surface area contributed by atoms with E-state index in [0.717, 1.165) is 23.4 Å². The monoisotopic (exact) mass is 317 g/mol. The largest absolute Gasteiger partial charge is 0.481 e. The van der Waals surface area contributed by atoms with Gasteiger partial charge in [0.05, 0.1) is 36.7 Å². The summed E-state index contributed by atoms with van der Waals surface area (Å²) >= 11 is 0. The van der Waals surface area contributed by atoms with E-state index in [1.807, 2.05) is 18.2 Å². The third-order valence-corrected chi connectivity index (χ3v) is 4.25. The van der Waals surface area contributed by atoms with Crippen LogP contribution in [-0.2, 0) is 16.1 Å². The molecule has 1 unspecified atom stereocenters. The van der Waals surface area contributed by atoms with E-state index in [1.54, 1.807) is 0 Å². The van der Waals surface area contributed by atoms with Gasteiger partial charge in [-0.1, -0.05) is 12.1 Å². The predicted molar refractivity (Wildman–Crippen MR) is 87.3 cm³/mol. The van der Waals surface area contributed by atoms with Gasteiger partial charge in [0, 0.05) is 19.1 Å². The molecule has 1 N–H and O–H groups in total. The molecule has 0 bridgehead atoms. The second-order valence-electron chi connectivity index (χ2n) is 6.33. The molecule has 1 aliphatic rings. The second kappa shape index (κ2) is 6.68. The molecule has 1 aliphatic heterocycles. The minimum absolute atomic E-state index is 0.284. The van der Waals surface area contributed by atoms with Crippen molar-refractivity contribution < 1.29 is 14.6 Å².